The zero-order chi connectivity index (χ0) is 17.9. The van der Waals surface area contributed by atoms with Crippen LogP contribution >= 0.6 is 11.8 Å². The SMILES string of the molecule is COc1cccc(C2=CSc3nnc([C@@H](N)Cc4ccccc4)n3N2)c1. The summed E-state index contributed by atoms with van der Waals surface area (Å²) in [7, 11) is 1.66. The smallest absolute Gasteiger partial charge is 0.214 e. The molecule has 0 saturated heterocycles. The van der Waals surface area contributed by atoms with E-state index in [4.69, 9.17) is 10.5 Å². The highest BCUT2D eigenvalue weighted by Gasteiger charge is 2.22. The molecule has 6 nitrogen and oxygen atoms in total. The summed E-state index contributed by atoms with van der Waals surface area (Å²) in [6.07, 6.45) is 0.698. The van der Waals surface area contributed by atoms with Gasteiger partial charge in [0.15, 0.2) is 5.82 Å². The van der Waals surface area contributed by atoms with Crippen LogP contribution < -0.4 is 15.9 Å². The third-order valence-electron chi connectivity index (χ3n) is 4.18. The van der Waals surface area contributed by atoms with Crippen LogP contribution in [0.2, 0.25) is 0 Å². The predicted octanol–water partition coefficient (Wildman–Crippen LogP) is 3.18. The summed E-state index contributed by atoms with van der Waals surface area (Å²) in [6, 6.07) is 17.8. The van der Waals surface area contributed by atoms with Crippen LogP contribution in [0, 0.1) is 0 Å². The molecule has 0 amide bonds. The number of hydrogen-bond donors (Lipinski definition) is 2. The van der Waals surface area contributed by atoms with Gasteiger partial charge in [-0.25, -0.2) is 4.68 Å². The molecule has 1 atom stereocenters. The fourth-order valence-corrected chi connectivity index (χ4v) is 3.59. The Morgan fingerprint density at radius 3 is 2.81 bits per heavy atom. The number of hydrogen-bond acceptors (Lipinski definition) is 6. The van der Waals surface area contributed by atoms with Gasteiger partial charge in [-0.15, -0.1) is 10.2 Å². The molecule has 1 aliphatic heterocycles. The standard InChI is InChI=1S/C19H19N5OS/c1-25-15-9-5-8-14(11-15)17-12-26-19-22-21-18(24(19)23-17)16(20)10-13-6-3-2-4-7-13/h2-9,11-12,16,23H,10,20H2,1H3/t16-/m0/s1. The molecular formula is C19H19N5OS. The largest absolute Gasteiger partial charge is 0.497 e. The van der Waals surface area contributed by atoms with Crippen LogP contribution in [0.4, 0.5) is 0 Å². The quantitative estimate of drug-likeness (QED) is 0.723. The van der Waals surface area contributed by atoms with Crippen molar-refractivity contribution in [1.82, 2.24) is 14.9 Å². The van der Waals surface area contributed by atoms with E-state index in [0.717, 1.165) is 22.2 Å². The van der Waals surface area contributed by atoms with Gasteiger partial charge >= 0.3 is 0 Å². The number of methoxy groups -OCH3 is 1. The highest BCUT2D eigenvalue weighted by atomic mass is 32.2. The monoisotopic (exact) mass is 365 g/mol. The Morgan fingerprint density at radius 1 is 1.15 bits per heavy atom. The van der Waals surface area contributed by atoms with Crippen molar-refractivity contribution in [3.8, 4) is 5.75 Å². The summed E-state index contributed by atoms with van der Waals surface area (Å²) in [5, 5.41) is 11.3. The highest BCUT2D eigenvalue weighted by Crippen LogP contribution is 2.31. The van der Waals surface area contributed by atoms with E-state index in [9.17, 15) is 0 Å². The van der Waals surface area contributed by atoms with Gasteiger partial charge in [0.1, 0.15) is 5.75 Å². The van der Waals surface area contributed by atoms with Gasteiger partial charge in [0.2, 0.25) is 5.16 Å². The van der Waals surface area contributed by atoms with Crippen LogP contribution in [0.15, 0.2) is 65.2 Å². The van der Waals surface area contributed by atoms with Crippen LogP contribution in [0.1, 0.15) is 23.0 Å². The number of ether oxygens (including phenoxy) is 1. The van der Waals surface area contributed by atoms with E-state index in [2.05, 4.69) is 27.8 Å². The lowest BCUT2D eigenvalue weighted by molar-refractivity contribution is 0.414. The summed E-state index contributed by atoms with van der Waals surface area (Å²) in [4.78, 5) is 0. The predicted molar refractivity (Wildman–Crippen MR) is 103 cm³/mol. The first-order valence-electron chi connectivity index (χ1n) is 8.27. The first-order valence-corrected chi connectivity index (χ1v) is 9.15. The van der Waals surface area contributed by atoms with Crippen molar-refractivity contribution in [2.24, 2.45) is 5.73 Å². The van der Waals surface area contributed by atoms with Crippen LogP contribution in [0.3, 0.4) is 0 Å². The lowest BCUT2D eigenvalue weighted by atomic mass is 10.1. The average molecular weight is 365 g/mol. The fourth-order valence-electron chi connectivity index (χ4n) is 2.84. The molecule has 0 radical (unpaired) electrons. The second-order valence-electron chi connectivity index (χ2n) is 5.97. The molecule has 132 valence electrons. The third-order valence-corrected chi connectivity index (χ3v) is 5.01. The van der Waals surface area contributed by atoms with Gasteiger partial charge in [-0.3, -0.25) is 5.43 Å². The Bertz CT molecular complexity index is 938. The molecule has 2 heterocycles. The second-order valence-corrected chi connectivity index (χ2v) is 6.80. The molecule has 7 heteroatoms. The number of thioether (sulfide) groups is 1. The third kappa shape index (κ3) is 3.31. The number of aromatic nitrogens is 3. The Kier molecular flexibility index (Phi) is 4.64. The van der Waals surface area contributed by atoms with Gasteiger partial charge in [0.05, 0.1) is 18.8 Å². The highest BCUT2D eigenvalue weighted by molar-refractivity contribution is 8.02. The maximum absolute atomic E-state index is 6.41. The van der Waals surface area contributed by atoms with Gasteiger partial charge in [0, 0.05) is 11.0 Å². The second kappa shape index (κ2) is 7.23. The average Bonchev–Trinajstić information content (AvgIpc) is 3.12. The van der Waals surface area contributed by atoms with E-state index in [1.165, 1.54) is 17.3 Å². The molecule has 2 aromatic carbocycles. The number of nitrogens with two attached hydrogens (primary N) is 1. The van der Waals surface area contributed by atoms with E-state index in [1.54, 1.807) is 7.11 Å². The maximum Gasteiger partial charge on any atom is 0.214 e. The van der Waals surface area contributed by atoms with Crippen molar-refractivity contribution in [2.45, 2.75) is 17.6 Å². The number of benzene rings is 2. The summed E-state index contributed by atoms with van der Waals surface area (Å²) in [5.74, 6) is 1.52. The molecule has 0 saturated carbocycles. The summed E-state index contributed by atoms with van der Waals surface area (Å²) < 4.78 is 7.18. The van der Waals surface area contributed by atoms with E-state index >= 15 is 0 Å². The van der Waals surface area contributed by atoms with Crippen LogP contribution in [-0.4, -0.2) is 22.0 Å². The molecule has 0 bridgehead atoms. The number of fused-ring (bicyclic) bond motifs is 1. The minimum absolute atomic E-state index is 0.253. The van der Waals surface area contributed by atoms with Gasteiger partial charge in [-0.05, 0) is 24.1 Å². The van der Waals surface area contributed by atoms with Gasteiger partial charge in [-0.2, -0.15) is 0 Å². The van der Waals surface area contributed by atoms with Crippen LogP contribution in [-0.2, 0) is 6.42 Å². The first-order chi connectivity index (χ1) is 12.7. The minimum atomic E-state index is -0.253. The molecule has 3 aromatic rings. The number of rotatable bonds is 5. The topological polar surface area (TPSA) is 78.0 Å². The molecule has 4 rings (SSSR count). The fraction of sp³-hybridized carbons (Fsp3) is 0.158. The van der Waals surface area contributed by atoms with Crippen molar-refractivity contribution < 1.29 is 4.74 Å². The van der Waals surface area contributed by atoms with E-state index in [0.29, 0.717) is 12.2 Å². The zero-order valence-corrected chi connectivity index (χ0v) is 15.1. The first kappa shape index (κ1) is 16.7. The molecule has 0 fully saturated rings. The van der Waals surface area contributed by atoms with E-state index in [1.807, 2.05) is 52.5 Å². The lowest BCUT2D eigenvalue weighted by Crippen LogP contribution is -2.25. The lowest BCUT2D eigenvalue weighted by Gasteiger charge is -2.21. The molecule has 1 aromatic heterocycles. The van der Waals surface area contributed by atoms with E-state index in [-0.39, 0.29) is 6.04 Å². The zero-order valence-electron chi connectivity index (χ0n) is 14.3. The van der Waals surface area contributed by atoms with Crippen molar-refractivity contribution in [3.63, 3.8) is 0 Å². The van der Waals surface area contributed by atoms with Crippen molar-refractivity contribution in [1.29, 1.82) is 0 Å². The number of nitrogens with zero attached hydrogens (tertiary/aromatic N) is 3. The molecule has 0 aliphatic carbocycles. The Hall–Kier alpha value is -2.77. The summed E-state index contributed by atoms with van der Waals surface area (Å²) >= 11 is 1.52. The Morgan fingerprint density at radius 2 is 2.00 bits per heavy atom. The van der Waals surface area contributed by atoms with Gasteiger partial charge < -0.3 is 10.5 Å². The summed E-state index contributed by atoms with van der Waals surface area (Å²) in [6.45, 7) is 0. The van der Waals surface area contributed by atoms with Crippen LogP contribution in [0.5, 0.6) is 5.75 Å². The Balaban J connectivity index is 1.57. The normalized spacial score (nSPS) is 14.2. The molecule has 3 N–H and O–H groups in total. The number of nitrogens with one attached hydrogen (secondary N) is 1. The van der Waals surface area contributed by atoms with Crippen molar-refractivity contribution >= 4 is 17.5 Å². The van der Waals surface area contributed by atoms with E-state index < -0.39 is 0 Å². The summed E-state index contributed by atoms with van der Waals surface area (Å²) in [5.41, 5.74) is 12.9. The maximum atomic E-state index is 6.41. The van der Waals surface area contributed by atoms with Crippen molar-refractivity contribution in [2.75, 3.05) is 12.5 Å². The molecule has 26 heavy (non-hydrogen) atoms. The molecule has 0 unspecified atom stereocenters. The molecule has 0 spiro atoms. The van der Waals surface area contributed by atoms with Gasteiger partial charge in [0.25, 0.3) is 0 Å². The van der Waals surface area contributed by atoms with Gasteiger partial charge in [-0.1, -0.05) is 54.2 Å². The molecular weight excluding hydrogens is 346 g/mol. The Labute approximate surface area is 156 Å². The minimum Gasteiger partial charge on any atom is -0.497 e. The van der Waals surface area contributed by atoms with Crippen molar-refractivity contribution in [3.05, 3.63) is 77.0 Å². The molecule has 1 aliphatic rings. The van der Waals surface area contributed by atoms with Crippen LogP contribution in [0.25, 0.3) is 5.70 Å².